The Morgan fingerprint density at radius 2 is 1.75 bits per heavy atom. The number of H-pyrrole nitrogens is 1. The molecule has 1 rings (SSSR count). The quantitative estimate of drug-likeness (QED) is 0.683. The van der Waals surface area contributed by atoms with Crippen molar-refractivity contribution >= 4 is 11.9 Å². The smallest absolute Gasteiger partial charge is 0.328 e. The standard InChI is InChI=1S/C16H25N3O5/c1-11(2)7-19(8-12(3)4)14(21)10-24-15(22)9-18-6-5-13(20)17-16(18)23/h5-6,11-12H,7-10H2,1-4H3,(H,17,20,23). The van der Waals surface area contributed by atoms with Crippen LogP contribution in [0.2, 0.25) is 0 Å². The number of aromatic nitrogens is 2. The third kappa shape index (κ3) is 6.80. The molecule has 0 atom stereocenters. The number of carbonyl (C=O) groups excluding carboxylic acids is 2. The van der Waals surface area contributed by atoms with Crippen LogP contribution in [0.3, 0.4) is 0 Å². The summed E-state index contributed by atoms with van der Waals surface area (Å²) < 4.78 is 5.96. The first-order valence-electron chi connectivity index (χ1n) is 7.92. The van der Waals surface area contributed by atoms with E-state index < -0.39 is 17.2 Å². The summed E-state index contributed by atoms with van der Waals surface area (Å²) in [5.74, 6) is -0.364. The van der Waals surface area contributed by atoms with Crippen LogP contribution in [-0.2, 0) is 20.9 Å². The van der Waals surface area contributed by atoms with Gasteiger partial charge in [-0.05, 0) is 11.8 Å². The van der Waals surface area contributed by atoms with Crippen LogP contribution >= 0.6 is 0 Å². The van der Waals surface area contributed by atoms with Crippen LogP contribution in [0, 0.1) is 11.8 Å². The minimum Gasteiger partial charge on any atom is -0.454 e. The monoisotopic (exact) mass is 339 g/mol. The molecule has 134 valence electrons. The molecule has 0 saturated carbocycles. The number of aromatic amines is 1. The van der Waals surface area contributed by atoms with Crippen molar-refractivity contribution in [1.29, 1.82) is 0 Å². The Morgan fingerprint density at radius 3 is 2.25 bits per heavy atom. The maximum Gasteiger partial charge on any atom is 0.328 e. The molecular formula is C16H25N3O5. The average molecular weight is 339 g/mol. The lowest BCUT2D eigenvalue weighted by atomic mass is 10.1. The highest BCUT2D eigenvalue weighted by molar-refractivity contribution is 5.80. The largest absolute Gasteiger partial charge is 0.454 e. The van der Waals surface area contributed by atoms with E-state index in [1.807, 2.05) is 32.7 Å². The van der Waals surface area contributed by atoms with Gasteiger partial charge >= 0.3 is 11.7 Å². The molecule has 24 heavy (non-hydrogen) atoms. The van der Waals surface area contributed by atoms with Gasteiger partial charge in [-0.25, -0.2) is 4.79 Å². The van der Waals surface area contributed by atoms with Gasteiger partial charge in [0.25, 0.3) is 11.5 Å². The SMILES string of the molecule is CC(C)CN(CC(C)C)C(=O)COC(=O)Cn1ccc(=O)[nH]c1=O. The highest BCUT2D eigenvalue weighted by Gasteiger charge is 2.18. The summed E-state index contributed by atoms with van der Waals surface area (Å²) in [6, 6.07) is 1.13. The molecule has 0 aliphatic heterocycles. The molecule has 0 bridgehead atoms. The van der Waals surface area contributed by atoms with Crippen molar-refractivity contribution in [2.75, 3.05) is 19.7 Å². The van der Waals surface area contributed by atoms with Crippen molar-refractivity contribution in [2.24, 2.45) is 11.8 Å². The van der Waals surface area contributed by atoms with E-state index in [1.165, 1.54) is 6.20 Å². The number of amides is 1. The lowest BCUT2D eigenvalue weighted by Crippen LogP contribution is -2.40. The van der Waals surface area contributed by atoms with E-state index >= 15 is 0 Å². The Kier molecular flexibility index (Phi) is 7.41. The summed E-state index contributed by atoms with van der Waals surface area (Å²) in [6.45, 7) is 8.49. The van der Waals surface area contributed by atoms with E-state index in [0.717, 1.165) is 10.6 Å². The van der Waals surface area contributed by atoms with Crippen LogP contribution in [-0.4, -0.2) is 46.0 Å². The van der Waals surface area contributed by atoms with Gasteiger partial charge in [0.05, 0.1) is 0 Å². The zero-order valence-electron chi connectivity index (χ0n) is 14.6. The van der Waals surface area contributed by atoms with E-state index in [2.05, 4.69) is 0 Å². The second-order valence-electron chi connectivity index (χ2n) is 6.49. The third-order valence-electron chi connectivity index (χ3n) is 3.08. The van der Waals surface area contributed by atoms with Gasteiger partial charge in [-0.1, -0.05) is 27.7 Å². The molecule has 0 radical (unpaired) electrons. The number of rotatable bonds is 8. The first-order chi connectivity index (χ1) is 11.2. The van der Waals surface area contributed by atoms with Crippen LogP contribution < -0.4 is 11.2 Å². The maximum atomic E-state index is 12.2. The molecule has 0 aliphatic rings. The summed E-state index contributed by atoms with van der Waals surface area (Å²) in [5.41, 5.74) is -1.25. The third-order valence-corrected chi connectivity index (χ3v) is 3.08. The number of nitrogens with one attached hydrogen (secondary N) is 1. The van der Waals surface area contributed by atoms with Crippen LogP contribution in [0.1, 0.15) is 27.7 Å². The number of carbonyl (C=O) groups is 2. The first-order valence-corrected chi connectivity index (χ1v) is 7.92. The average Bonchev–Trinajstić information content (AvgIpc) is 2.46. The lowest BCUT2D eigenvalue weighted by Gasteiger charge is -2.26. The molecule has 0 saturated heterocycles. The molecule has 0 unspecified atom stereocenters. The topological polar surface area (TPSA) is 101 Å². The molecule has 1 N–H and O–H groups in total. The first kappa shape index (κ1) is 19.7. The summed E-state index contributed by atoms with van der Waals surface area (Å²) in [6.07, 6.45) is 1.20. The van der Waals surface area contributed by atoms with Gasteiger partial charge in [-0.2, -0.15) is 0 Å². The van der Waals surface area contributed by atoms with Gasteiger partial charge in [-0.15, -0.1) is 0 Å². The highest BCUT2D eigenvalue weighted by atomic mass is 16.5. The molecule has 8 heteroatoms. The fourth-order valence-corrected chi connectivity index (χ4v) is 2.15. The predicted octanol–water partition coefficient (Wildman–Crippen LogP) is 0.220. The Balaban J connectivity index is 2.59. The summed E-state index contributed by atoms with van der Waals surface area (Å²) in [7, 11) is 0. The van der Waals surface area contributed by atoms with Crippen molar-refractivity contribution in [2.45, 2.75) is 34.2 Å². The van der Waals surface area contributed by atoms with E-state index in [4.69, 9.17) is 4.74 Å². The molecule has 0 spiro atoms. The number of hydrogen-bond acceptors (Lipinski definition) is 5. The van der Waals surface area contributed by atoms with E-state index in [-0.39, 0.29) is 19.1 Å². The van der Waals surface area contributed by atoms with Crippen molar-refractivity contribution < 1.29 is 14.3 Å². The van der Waals surface area contributed by atoms with Gasteiger partial charge < -0.3 is 9.64 Å². The molecule has 0 aromatic carbocycles. The molecule has 1 aromatic rings. The Labute approximate surface area is 140 Å². The zero-order chi connectivity index (χ0) is 18.3. The van der Waals surface area contributed by atoms with Crippen molar-refractivity contribution in [3.05, 3.63) is 33.1 Å². The Bertz CT molecular complexity index is 665. The van der Waals surface area contributed by atoms with E-state index in [1.54, 1.807) is 4.90 Å². The Morgan fingerprint density at radius 1 is 1.17 bits per heavy atom. The molecule has 0 fully saturated rings. The molecule has 1 heterocycles. The fraction of sp³-hybridized carbons (Fsp3) is 0.625. The normalized spacial score (nSPS) is 10.9. The Hall–Kier alpha value is -2.38. The minimum absolute atomic E-state index is 0.264. The molecule has 1 amide bonds. The molecule has 0 aliphatic carbocycles. The van der Waals surface area contributed by atoms with Crippen LogP contribution in [0.25, 0.3) is 0 Å². The van der Waals surface area contributed by atoms with Crippen LogP contribution in [0.5, 0.6) is 0 Å². The number of nitrogens with zero attached hydrogens (tertiary/aromatic N) is 2. The number of ether oxygens (including phenoxy) is 1. The van der Waals surface area contributed by atoms with Gasteiger partial charge in [0, 0.05) is 25.4 Å². The van der Waals surface area contributed by atoms with Gasteiger partial charge in [0.1, 0.15) is 6.54 Å². The van der Waals surface area contributed by atoms with Gasteiger partial charge in [-0.3, -0.25) is 23.9 Å². The maximum absolute atomic E-state index is 12.2. The summed E-state index contributed by atoms with van der Waals surface area (Å²) >= 11 is 0. The van der Waals surface area contributed by atoms with Crippen LogP contribution in [0.15, 0.2) is 21.9 Å². The second kappa shape index (κ2) is 9.05. The van der Waals surface area contributed by atoms with E-state index in [0.29, 0.717) is 24.9 Å². The molecular weight excluding hydrogens is 314 g/mol. The fourth-order valence-electron chi connectivity index (χ4n) is 2.15. The predicted molar refractivity (Wildman–Crippen MR) is 88.5 cm³/mol. The molecule has 8 nitrogen and oxygen atoms in total. The second-order valence-corrected chi connectivity index (χ2v) is 6.49. The van der Waals surface area contributed by atoms with Gasteiger partial charge in [0.2, 0.25) is 0 Å². The van der Waals surface area contributed by atoms with Crippen molar-refractivity contribution in [1.82, 2.24) is 14.5 Å². The van der Waals surface area contributed by atoms with E-state index in [9.17, 15) is 19.2 Å². The molecule has 1 aromatic heterocycles. The van der Waals surface area contributed by atoms with Gasteiger partial charge in [0.15, 0.2) is 6.61 Å². The summed E-state index contributed by atoms with van der Waals surface area (Å²) in [5, 5.41) is 0. The van der Waals surface area contributed by atoms with Crippen molar-refractivity contribution in [3.63, 3.8) is 0 Å². The highest BCUT2D eigenvalue weighted by Crippen LogP contribution is 2.04. The zero-order valence-corrected chi connectivity index (χ0v) is 14.6. The number of hydrogen-bond donors (Lipinski definition) is 1. The minimum atomic E-state index is -0.716. The lowest BCUT2D eigenvalue weighted by molar-refractivity contribution is -0.153. The number of esters is 1. The van der Waals surface area contributed by atoms with Crippen molar-refractivity contribution in [3.8, 4) is 0 Å². The van der Waals surface area contributed by atoms with Crippen LogP contribution in [0.4, 0.5) is 0 Å². The summed E-state index contributed by atoms with van der Waals surface area (Å²) in [4.78, 5) is 50.2.